The van der Waals surface area contributed by atoms with Crippen molar-refractivity contribution in [3.8, 4) is 39.6 Å². The van der Waals surface area contributed by atoms with Gasteiger partial charge in [0.25, 0.3) is 5.56 Å². The summed E-state index contributed by atoms with van der Waals surface area (Å²) in [4.78, 5) is 48.4. The number of nitrogens with one attached hydrogen (secondary N) is 1. The Hall–Kier alpha value is -7.85. The van der Waals surface area contributed by atoms with Crippen LogP contribution in [0.3, 0.4) is 0 Å². The van der Waals surface area contributed by atoms with Crippen LogP contribution >= 0.6 is 11.8 Å². The zero-order valence-corrected chi connectivity index (χ0v) is 37.6. The molecule has 0 unspecified atom stereocenters. The number of benzene rings is 4. The van der Waals surface area contributed by atoms with Gasteiger partial charge < -0.3 is 20.7 Å². The molecule has 1 saturated heterocycles. The van der Waals surface area contributed by atoms with E-state index in [0.29, 0.717) is 65.0 Å². The molecule has 1 amide bonds. The molecule has 2 aliphatic heterocycles. The van der Waals surface area contributed by atoms with Crippen LogP contribution in [0.15, 0.2) is 132 Å². The number of fused-ring (bicyclic) bond motifs is 5. The van der Waals surface area contributed by atoms with E-state index >= 15 is 0 Å². The first-order chi connectivity index (χ1) is 32.8. The normalized spacial score (nSPS) is 14.9. The largest absolute Gasteiger partial charge is 0.457 e. The molecule has 7 heterocycles. The highest BCUT2D eigenvalue weighted by atomic mass is 32.2. The van der Waals surface area contributed by atoms with Crippen LogP contribution in [0.5, 0.6) is 11.5 Å². The molecular formula is C51H46N12O3S. The molecule has 2 aliphatic rings. The Bertz CT molecular complexity index is 3420. The van der Waals surface area contributed by atoms with Crippen molar-refractivity contribution in [3.05, 3.63) is 138 Å². The maximum absolute atomic E-state index is 14.2. The van der Waals surface area contributed by atoms with E-state index in [1.54, 1.807) is 27.1 Å². The number of carbonyl (C=O) groups is 1. The lowest BCUT2D eigenvalue weighted by Crippen LogP contribution is -2.41. The second-order valence-corrected chi connectivity index (χ2v) is 18.0. The molecule has 4 aromatic carbocycles. The number of ether oxygens (including phenoxy) is 1. The average Bonchev–Trinajstić information content (AvgIpc) is 4.12. The van der Waals surface area contributed by atoms with Gasteiger partial charge in [-0.15, -0.1) is 0 Å². The zero-order valence-electron chi connectivity index (χ0n) is 36.7. The van der Waals surface area contributed by atoms with Gasteiger partial charge >= 0.3 is 0 Å². The molecule has 0 radical (unpaired) electrons. The van der Waals surface area contributed by atoms with Crippen LogP contribution in [-0.2, 0) is 18.3 Å². The maximum atomic E-state index is 14.2. The maximum Gasteiger partial charge on any atom is 0.257 e. The van der Waals surface area contributed by atoms with E-state index in [-0.39, 0.29) is 17.5 Å². The van der Waals surface area contributed by atoms with E-state index in [2.05, 4.69) is 38.6 Å². The summed E-state index contributed by atoms with van der Waals surface area (Å²) >= 11 is 1.62. The van der Waals surface area contributed by atoms with E-state index in [1.807, 2.05) is 114 Å². The third kappa shape index (κ3) is 8.24. The number of nitrogens with two attached hydrogens (primary N) is 1. The van der Waals surface area contributed by atoms with Crippen molar-refractivity contribution in [1.82, 2.24) is 44.0 Å². The van der Waals surface area contributed by atoms with Crippen LogP contribution in [0.2, 0.25) is 0 Å². The summed E-state index contributed by atoms with van der Waals surface area (Å²) in [6, 6.07) is 31.1. The number of para-hydroxylation sites is 1. The lowest BCUT2D eigenvalue weighted by atomic mass is 10.0. The first kappa shape index (κ1) is 41.8. The minimum atomic E-state index is -0.187. The summed E-state index contributed by atoms with van der Waals surface area (Å²) in [6.45, 7) is 2.07. The van der Waals surface area contributed by atoms with Gasteiger partial charge in [0.05, 0.1) is 40.0 Å². The smallest absolute Gasteiger partial charge is 0.257 e. The number of likely N-dealkylation sites (tertiary alicyclic amines) is 1. The van der Waals surface area contributed by atoms with Gasteiger partial charge in [0.15, 0.2) is 5.65 Å². The number of amides is 1. The number of aryl methyl sites for hydroxylation is 1. The molecule has 1 fully saturated rings. The molecule has 11 rings (SSSR count). The summed E-state index contributed by atoms with van der Waals surface area (Å²) < 4.78 is 11.5. The molecule has 5 aromatic heterocycles. The van der Waals surface area contributed by atoms with E-state index in [9.17, 15) is 9.59 Å². The Morgan fingerprint density at radius 2 is 1.79 bits per heavy atom. The second-order valence-electron chi connectivity index (χ2n) is 16.8. The predicted molar refractivity (Wildman–Crippen MR) is 266 cm³/mol. The van der Waals surface area contributed by atoms with Gasteiger partial charge in [-0.3, -0.25) is 28.8 Å². The Labute approximate surface area is 389 Å². The first-order valence-electron chi connectivity index (χ1n) is 22.4. The number of rotatable bonds is 12. The van der Waals surface area contributed by atoms with Crippen LogP contribution in [0, 0.1) is 0 Å². The number of nitrogens with zero attached hydrogens (tertiary/aromatic N) is 10. The fraction of sp³-hybridized carbons (Fsp3) is 0.216. The highest BCUT2D eigenvalue weighted by Crippen LogP contribution is 2.37. The van der Waals surface area contributed by atoms with E-state index in [0.717, 1.165) is 81.4 Å². The van der Waals surface area contributed by atoms with Crippen molar-refractivity contribution in [2.75, 3.05) is 42.2 Å². The third-order valence-corrected chi connectivity index (χ3v) is 13.4. The van der Waals surface area contributed by atoms with Gasteiger partial charge in [-0.1, -0.05) is 30.3 Å². The number of hydrogen-bond donors (Lipinski definition) is 2. The number of pyridine rings is 2. The minimum Gasteiger partial charge on any atom is -0.457 e. The molecule has 0 bridgehead atoms. The number of hydrogen-bond acceptors (Lipinski definition) is 12. The van der Waals surface area contributed by atoms with Gasteiger partial charge in [0.2, 0.25) is 5.91 Å². The zero-order chi connectivity index (χ0) is 45.4. The molecule has 0 spiro atoms. The fourth-order valence-corrected chi connectivity index (χ4v) is 9.90. The molecule has 15 nitrogen and oxygen atoms in total. The van der Waals surface area contributed by atoms with Gasteiger partial charge in [-0.2, -0.15) is 22.0 Å². The van der Waals surface area contributed by atoms with Crippen LogP contribution in [0.25, 0.3) is 60.9 Å². The molecule has 1 atom stereocenters. The molecule has 3 N–H and O–H groups in total. The van der Waals surface area contributed by atoms with Crippen molar-refractivity contribution in [3.63, 3.8) is 0 Å². The van der Waals surface area contributed by atoms with Crippen molar-refractivity contribution in [2.24, 2.45) is 12.0 Å². The number of nitrogen functional groups attached to an aromatic ring is 1. The quantitative estimate of drug-likeness (QED) is 0.0681. The van der Waals surface area contributed by atoms with Gasteiger partial charge in [-0.25, -0.2) is 14.6 Å². The van der Waals surface area contributed by atoms with Crippen LogP contribution in [0.4, 0.5) is 17.2 Å². The van der Waals surface area contributed by atoms with Gasteiger partial charge in [0, 0.05) is 96.9 Å². The van der Waals surface area contributed by atoms with E-state index in [4.69, 9.17) is 25.5 Å². The molecule has 0 aliphatic carbocycles. The summed E-state index contributed by atoms with van der Waals surface area (Å²) in [5.41, 5.74) is 15.5. The monoisotopic (exact) mass is 906 g/mol. The predicted octanol–water partition coefficient (Wildman–Crippen LogP) is 8.78. The molecule has 0 saturated carbocycles. The number of thioether (sulfide) groups is 1. The standard InChI is InChI=1S/C51H46N12O3S/c1-60-29-35(27-58-60)34-12-16-42-40(24-34)49-41(28-55-42)44(26-46(65)62(49)36-13-9-32-17-19-53-43(32)25-36)54-20-23-67-22-18-45(64)61-21-5-6-37(30-61)63-51-47(50(52)56-31-57-51)48(59-63)33-10-14-39(15-11-33)66-38-7-3-2-4-8-38/h2-4,7-16,20,24-29,31,37,53H,5-6,17-19,21-23,30H2,1H3,(H2,52,56,57)/t37-/m1/s1. The Kier molecular flexibility index (Phi) is 11.1. The van der Waals surface area contributed by atoms with Gasteiger partial charge in [-0.05, 0) is 91.1 Å². The molecule has 16 heteroatoms. The highest BCUT2D eigenvalue weighted by Gasteiger charge is 2.29. The third-order valence-electron chi connectivity index (χ3n) is 12.5. The Morgan fingerprint density at radius 3 is 2.64 bits per heavy atom. The lowest BCUT2D eigenvalue weighted by Gasteiger charge is -2.33. The molecular weight excluding hydrogens is 861 g/mol. The number of piperidine rings is 1. The first-order valence-corrected chi connectivity index (χ1v) is 23.5. The fourth-order valence-electron chi connectivity index (χ4n) is 9.24. The van der Waals surface area contributed by atoms with Crippen LogP contribution in [0.1, 0.15) is 30.9 Å². The molecule has 334 valence electrons. The highest BCUT2D eigenvalue weighted by molar-refractivity contribution is 7.99. The number of aromatic nitrogens is 8. The second kappa shape index (κ2) is 17.9. The van der Waals surface area contributed by atoms with Crippen molar-refractivity contribution >= 4 is 73.9 Å². The molecule has 67 heavy (non-hydrogen) atoms. The van der Waals surface area contributed by atoms with Gasteiger partial charge in [0.1, 0.15) is 29.3 Å². The topological polar surface area (TPSA) is 176 Å². The SMILES string of the molecule is Cn1cc(-c2ccc3ncc4c(N=CCSCCC(=O)N5CCC[C@@H](n6nc(-c7ccc(Oc8ccccc8)cc7)c7c(N)ncnc76)C5)cc(=O)n(-c5ccc6c(c5)NCC6)c4c3c2)cn1. The lowest BCUT2D eigenvalue weighted by molar-refractivity contribution is -0.132. The van der Waals surface area contributed by atoms with Crippen molar-refractivity contribution in [1.29, 1.82) is 0 Å². The van der Waals surface area contributed by atoms with Crippen molar-refractivity contribution in [2.45, 2.75) is 31.7 Å². The Morgan fingerprint density at radius 1 is 0.940 bits per heavy atom. The van der Waals surface area contributed by atoms with E-state index < -0.39 is 0 Å². The summed E-state index contributed by atoms with van der Waals surface area (Å²) in [6.07, 6.45) is 11.9. The summed E-state index contributed by atoms with van der Waals surface area (Å²) in [5.74, 6) is 3.08. The number of carbonyl (C=O) groups excluding carboxylic acids is 1. The Balaban J connectivity index is 0.784. The summed E-state index contributed by atoms with van der Waals surface area (Å²) in [7, 11) is 1.89. The average molecular weight is 907 g/mol. The van der Waals surface area contributed by atoms with Crippen LogP contribution in [-0.4, -0.2) is 87.2 Å². The molecule has 9 aromatic rings. The number of aliphatic imine (C=N–C) groups is 1. The number of anilines is 2. The van der Waals surface area contributed by atoms with Crippen molar-refractivity contribution < 1.29 is 9.53 Å². The van der Waals surface area contributed by atoms with Crippen LogP contribution < -0.4 is 21.3 Å². The summed E-state index contributed by atoms with van der Waals surface area (Å²) in [5, 5.41) is 15.2. The minimum absolute atomic E-state index is 0.0816. The van der Waals surface area contributed by atoms with E-state index in [1.165, 1.54) is 11.9 Å².